The second-order valence-corrected chi connectivity index (χ2v) is 8.99. The molecule has 2 aliphatic rings. The number of methoxy groups -OCH3 is 1. The molecule has 0 bridgehead atoms. The lowest BCUT2D eigenvalue weighted by Crippen LogP contribution is -2.34. The Morgan fingerprint density at radius 2 is 1.76 bits per heavy atom. The summed E-state index contributed by atoms with van der Waals surface area (Å²) in [5.74, 6) is -1.30. The SMILES string of the molecule is COC(=O)C1(c2ccc(S(=O)(=O)N3CCC(C)(C(=O)O)C3)cc2)CC1. The quantitative estimate of drug-likeness (QED) is 0.789. The zero-order valence-electron chi connectivity index (χ0n) is 14.2. The predicted octanol–water partition coefficient (Wildman–Crippen LogP) is 1.38. The van der Waals surface area contributed by atoms with Crippen LogP contribution < -0.4 is 0 Å². The molecule has 1 saturated carbocycles. The molecule has 136 valence electrons. The molecule has 1 aromatic carbocycles. The number of nitrogens with zero attached hydrogens (tertiary/aromatic N) is 1. The summed E-state index contributed by atoms with van der Waals surface area (Å²) in [6, 6.07) is 6.24. The van der Waals surface area contributed by atoms with Crippen molar-refractivity contribution in [2.75, 3.05) is 20.2 Å². The van der Waals surface area contributed by atoms with E-state index < -0.39 is 26.8 Å². The van der Waals surface area contributed by atoms with E-state index in [4.69, 9.17) is 4.74 Å². The Morgan fingerprint density at radius 3 is 2.20 bits per heavy atom. The zero-order chi connectivity index (χ0) is 18.5. The smallest absolute Gasteiger partial charge is 0.316 e. The van der Waals surface area contributed by atoms with Crippen molar-refractivity contribution in [3.05, 3.63) is 29.8 Å². The summed E-state index contributed by atoms with van der Waals surface area (Å²) in [6.45, 7) is 1.69. The molecule has 0 radical (unpaired) electrons. The molecular weight excluding hydrogens is 346 g/mol. The molecule has 1 unspecified atom stereocenters. The van der Waals surface area contributed by atoms with Gasteiger partial charge < -0.3 is 9.84 Å². The van der Waals surface area contributed by atoms with Crippen molar-refractivity contribution in [2.24, 2.45) is 5.41 Å². The van der Waals surface area contributed by atoms with Crippen LogP contribution in [0.4, 0.5) is 0 Å². The maximum absolute atomic E-state index is 12.8. The molecule has 1 atom stereocenters. The normalized spacial score (nSPS) is 25.5. The number of hydrogen-bond donors (Lipinski definition) is 1. The van der Waals surface area contributed by atoms with E-state index in [1.54, 1.807) is 19.1 Å². The largest absolute Gasteiger partial charge is 0.481 e. The van der Waals surface area contributed by atoms with E-state index in [9.17, 15) is 23.1 Å². The van der Waals surface area contributed by atoms with E-state index >= 15 is 0 Å². The first kappa shape index (κ1) is 17.9. The number of hydrogen-bond acceptors (Lipinski definition) is 5. The van der Waals surface area contributed by atoms with Crippen molar-refractivity contribution < 1.29 is 27.9 Å². The van der Waals surface area contributed by atoms with Crippen LogP contribution in [0.25, 0.3) is 0 Å². The second kappa shape index (κ2) is 5.81. The fourth-order valence-electron chi connectivity index (χ4n) is 3.32. The number of rotatable bonds is 5. The lowest BCUT2D eigenvalue weighted by atomic mass is 9.90. The molecule has 1 saturated heterocycles. The van der Waals surface area contributed by atoms with Gasteiger partial charge in [-0.1, -0.05) is 12.1 Å². The fourth-order valence-corrected chi connectivity index (χ4v) is 4.89. The van der Waals surface area contributed by atoms with Crippen molar-refractivity contribution in [3.8, 4) is 0 Å². The molecule has 1 N–H and O–H groups in total. The Morgan fingerprint density at radius 1 is 1.16 bits per heavy atom. The molecular formula is C17H21NO6S. The van der Waals surface area contributed by atoms with Crippen molar-refractivity contribution in [1.29, 1.82) is 0 Å². The fraction of sp³-hybridized carbons (Fsp3) is 0.529. The summed E-state index contributed by atoms with van der Waals surface area (Å²) >= 11 is 0. The Balaban J connectivity index is 1.83. The number of sulfonamides is 1. The van der Waals surface area contributed by atoms with Crippen LogP contribution in [0, 0.1) is 5.41 Å². The van der Waals surface area contributed by atoms with Crippen molar-refractivity contribution in [2.45, 2.75) is 36.5 Å². The minimum atomic E-state index is -3.76. The van der Waals surface area contributed by atoms with Gasteiger partial charge in [-0.15, -0.1) is 0 Å². The number of esters is 1. The van der Waals surface area contributed by atoms with Crippen LogP contribution >= 0.6 is 0 Å². The minimum absolute atomic E-state index is 0.0431. The molecule has 0 spiro atoms. The molecule has 1 aliphatic carbocycles. The molecule has 0 aromatic heterocycles. The third-order valence-corrected chi connectivity index (χ3v) is 7.18. The maximum atomic E-state index is 12.8. The number of carboxylic acid groups (broad SMARTS) is 1. The number of benzene rings is 1. The number of carbonyl (C=O) groups is 2. The van der Waals surface area contributed by atoms with Crippen LogP contribution in [-0.4, -0.2) is 50.0 Å². The molecule has 1 aliphatic heterocycles. The number of carbonyl (C=O) groups excluding carboxylic acids is 1. The van der Waals surface area contributed by atoms with E-state index in [-0.39, 0.29) is 30.4 Å². The highest BCUT2D eigenvalue weighted by Crippen LogP contribution is 2.49. The van der Waals surface area contributed by atoms with E-state index in [2.05, 4.69) is 0 Å². The van der Waals surface area contributed by atoms with Crippen LogP contribution in [0.2, 0.25) is 0 Å². The Kier molecular flexibility index (Phi) is 4.15. The van der Waals surface area contributed by atoms with Gasteiger partial charge in [0.2, 0.25) is 10.0 Å². The van der Waals surface area contributed by atoms with Crippen molar-refractivity contribution in [1.82, 2.24) is 4.31 Å². The van der Waals surface area contributed by atoms with Crippen molar-refractivity contribution in [3.63, 3.8) is 0 Å². The summed E-state index contributed by atoms with van der Waals surface area (Å²) in [5.41, 5.74) is -0.960. The lowest BCUT2D eigenvalue weighted by Gasteiger charge is -2.20. The predicted molar refractivity (Wildman–Crippen MR) is 88.5 cm³/mol. The molecule has 7 nitrogen and oxygen atoms in total. The highest BCUT2D eigenvalue weighted by molar-refractivity contribution is 7.89. The standard InChI is InChI=1S/C17H21NO6S/c1-16(14(19)20)9-10-18(11-16)25(22,23)13-5-3-12(4-6-13)17(7-8-17)15(21)24-2/h3-6H,7-11H2,1-2H3,(H,19,20). The average molecular weight is 367 g/mol. The van der Waals surface area contributed by atoms with Crippen LogP contribution in [-0.2, 0) is 29.8 Å². The summed E-state index contributed by atoms with van der Waals surface area (Å²) in [6.07, 6.45) is 1.66. The summed E-state index contributed by atoms with van der Waals surface area (Å²) in [7, 11) is -2.42. The van der Waals surface area contributed by atoms with Crippen LogP contribution in [0.5, 0.6) is 0 Å². The molecule has 3 rings (SSSR count). The molecule has 8 heteroatoms. The van der Waals surface area contributed by atoms with Gasteiger partial charge in [0.15, 0.2) is 0 Å². The number of carboxylic acids is 1. The molecule has 1 heterocycles. The molecule has 1 aromatic rings. The minimum Gasteiger partial charge on any atom is -0.481 e. The van der Waals surface area contributed by atoms with Gasteiger partial charge in [0, 0.05) is 13.1 Å². The van der Waals surface area contributed by atoms with Crippen LogP contribution in [0.1, 0.15) is 31.7 Å². The van der Waals surface area contributed by atoms with Crippen LogP contribution in [0.3, 0.4) is 0 Å². The summed E-state index contributed by atoms with van der Waals surface area (Å²) in [4.78, 5) is 23.3. The average Bonchev–Trinajstić information content (AvgIpc) is 3.30. The Labute approximate surface area is 146 Å². The lowest BCUT2D eigenvalue weighted by molar-refractivity contribution is -0.147. The molecule has 2 fully saturated rings. The highest BCUT2D eigenvalue weighted by atomic mass is 32.2. The third-order valence-electron chi connectivity index (χ3n) is 5.33. The number of aliphatic carboxylic acids is 1. The van der Waals surface area contributed by atoms with Gasteiger partial charge in [0.05, 0.1) is 22.8 Å². The van der Waals surface area contributed by atoms with Gasteiger partial charge in [-0.25, -0.2) is 8.42 Å². The van der Waals surface area contributed by atoms with E-state index in [1.165, 1.54) is 23.5 Å². The zero-order valence-corrected chi connectivity index (χ0v) is 15.0. The van der Waals surface area contributed by atoms with Crippen LogP contribution in [0.15, 0.2) is 29.2 Å². The third kappa shape index (κ3) is 2.83. The van der Waals surface area contributed by atoms with Gasteiger partial charge in [-0.3, -0.25) is 9.59 Å². The van der Waals surface area contributed by atoms with Gasteiger partial charge >= 0.3 is 11.9 Å². The van der Waals surface area contributed by atoms with E-state index in [0.717, 1.165) is 5.56 Å². The Hall–Kier alpha value is -1.93. The van der Waals surface area contributed by atoms with Gasteiger partial charge in [-0.2, -0.15) is 4.31 Å². The topological polar surface area (TPSA) is 101 Å². The van der Waals surface area contributed by atoms with E-state index in [0.29, 0.717) is 12.8 Å². The van der Waals surface area contributed by atoms with Gasteiger partial charge in [0.1, 0.15) is 0 Å². The molecule has 0 amide bonds. The first-order valence-corrected chi connectivity index (χ1v) is 9.52. The van der Waals surface area contributed by atoms with Crippen molar-refractivity contribution >= 4 is 22.0 Å². The Bertz CT molecular complexity index is 812. The first-order chi connectivity index (χ1) is 11.7. The van der Waals surface area contributed by atoms with Gasteiger partial charge in [0.25, 0.3) is 0 Å². The summed E-state index contributed by atoms with van der Waals surface area (Å²) < 4.78 is 31.6. The second-order valence-electron chi connectivity index (χ2n) is 7.05. The first-order valence-electron chi connectivity index (χ1n) is 8.08. The monoisotopic (exact) mass is 367 g/mol. The maximum Gasteiger partial charge on any atom is 0.316 e. The van der Waals surface area contributed by atoms with Gasteiger partial charge in [-0.05, 0) is 43.9 Å². The number of ether oxygens (including phenoxy) is 1. The molecule has 25 heavy (non-hydrogen) atoms. The van der Waals surface area contributed by atoms with E-state index in [1.807, 2.05) is 0 Å². The highest BCUT2D eigenvalue weighted by Gasteiger charge is 2.52. The summed E-state index contributed by atoms with van der Waals surface area (Å²) in [5, 5.41) is 9.27.